The molecule has 6 nitrogen and oxygen atoms in total. The summed E-state index contributed by atoms with van der Waals surface area (Å²) in [5.41, 5.74) is 0.878. The number of rotatable bonds is 4. The van der Waals surface area contributed by atoms with Gasteiger partial charge in [0.2, 0.25) is 5.91 Å². The van der Waals surface area contributed by atoms with E-state index in [1.807, 2.05) is 29.2 Å². The van der Waals surface area contributed by atoms with Crippen LogP contribution in [0, 0.1) is 5.92 Å². The molecule has 10 heteroatoms. The van der Waals surface area contributed by atoms with Gasteiger partial charge in [0, 0.05) is 25.2 Å². The molecule has 0 bridgehead atoms. The summed E-state index contributed by atoms with van der Waals surface area (Å²) >= 11 is 6.02. The van der Waals surface area contributed by atoms with E-state index in [0.29, 0.717) is 44.1 Å². The summed E-state index contributed by atoms with van der Waals surface area (Å²) in [5, 5.41) is 2.86. The molecule has 30 heavy (non-hydrogen) atoms. The van der Waals surface area contributed by atoms with Crippen molar-refractivity contribution in [1.29, 1.82) is 0 Å². The van der Waals surface area contributed by atoms with E-state index >= 15 is 0 Å². The topological polar surface area (TPSA) is 73.9 Å². The van der Waals surface area contributed by atoms with Crippen LogP contribution in [0.25, 0.3) is 11.0 Å². The fraction of sp³-hybridized carbons (Fsp3) is 0.350. The molecule has 1 aromatic carbocycles. The monoisotopic (exact) mass is 437 g/mol. The number of benzene rings is 1. The molecule has 0 unspecified atom stereocenters. The van der Waals surface area contributed by atoms with Crippen LogP contribution in [0.4, 0.5) is 19.0 Å². The predicted octanol–water partition coefficient (Wildman–Crippen LogP) is 4.16. The molecule has 3 heterocycles. The standard InChI is InChI=1S/C20H19ClF3N5O/c21-14-9-13(20(22,23)24)10-25-18(14)29-7-5-12(6-8-29)19(30)26-11-17-27-15-3-1-2-4-16(15)28-17/h1-4,9-10,12H,5-8,11H2,(H,26,30)(H,27,28). The number of nitrogens with one attached hydrogen (secondary N) is 2. The Morgan fingerprint density at radius 3 is 2.67 bits per heavy atom. The van der Waals surface area contributed by atoms with Crippen molar-refractivity contribution in [1.82, 2.24) is 20.3 Å². The Hall–Kier alpha value is -2.81. The number of alkyl halides is 3. The number of nitrogens with zero attached hydrogens (tertiary/aromatic N) is 3. The number of anilines is 1. The SMILES string of the molecule is O=C(NCc1nc2ccccc2[nH]1)C1CCN(c2ncc(C(F)(F)F)cc2Cl)CC1. The maximum atomic E-state index is 12.8. The average Bonchev–Trinajstić information content (AvgIpc) is 3.14. The molecule has 0 radical (unpaired) electrons. The van der Waals surface area contributed by atoms with Gasteiger partial charge in [-0.2, -0.15) is 13.2 Å². The minimum atomic E-state index is -4.49. The summed E-state index contributed by atoms with van der Waals surface area (Å²) in [6.07, 6.45) is -2.58. The van der Waals surface area contributed by atoms with E-state index in [1.165, 1.54) is 0 Å². The number of H-pyrrole nitrogens is 1. The number of carbonyl (C=O) groups excluding carboxylic acids is 1. The highest BCUT2D eigenvalue weighted by Crippen LogP contribution is 2.34. The Morgan fingerprint density at radius 2 is 2.00 bits per heavy atom. The predicted molar refractivity (Wildman–Crippen MR) is 107 cm³/mol. The fourth-order valence-electron chi connectivity index (χ4n) is 3.58. The van der Waals surface area contributed by atoms with Gasteiger partial charge >= 0.3 is 6.18 Å². The number of amides is 1. The first kappa shape index (κ1) is 20.5. The summed E-state index contributed by atoms with van der Waals surface area (Å²) in [7, 11) is 0. The largest absolute Gasteiger partial charge is 0.417 e. The van der Waals surface area contributed by atoms with Gasteiger partial charge in [0.05, 0.1) is 28.2 Å². The molecule has 1 saturated heterocycles. The molecule has 1 fully saturated rings. The molecular weight excluding hydrogens is 419 g/mol. The summed E-state index contributed by atoms with van der Waals surface area (Å²) in [4.78, 5) is 25.8. The number of fused-ring (bicyclic) bond motifs is 1. The van der Waals surface area contributed by atoms with Crippen LogP contribution in [0.1, 0.15) is 24.2 Å². The van der Waals surface area contributed by atoms with Crippen LogP contribution in [-0.4, -0.2) is 33.9 Å². The van der Waals surface area contributed by atoms with Gasteiger partial charge in [0.15, 0.2) is 0 Å². The van der Waals surface area contributed by atoms with Gasteiger partial charge in [-0.15, -0.1) is 0 Å². The minimum absolute atomic E-state index is 0.0439. The van der Waals surface area contributed by atoms with Crippen molar-refractivity contribution in [2.24, 2.45) is 5.92 Å². The normalized spacial score (nSPS) is 15.5. The van der Waals surface area contributed by atoms with Gasteiger partial charge in [-0.1, -0.05) is 23.7 Å². The molecular formula is C20H19ClF3N5O. The summed E-state index contributed by atoms with van der Waals surface area (Å²) in [6, 6.07) is 8.51. The molecule has 0 saturated carbocycles. The summed E-state index contributed by atoms with van der Waals surface area (Å²) in [5.74, 6) is 0.744. The highest BCUT2D eigenvalue weighted by Gasteiger charge is 2.33. The van der Waals surface area contributed by atoms with E-state index in [1.54, 1.807) is 0 Å². The summed E-state index contributed by atoms with van der Waals surface area (Å²) in [6.45, 7) is 1.28. The van der Waals surface area contributed by atoms with E-state index in [4.69, 9.17) is 11.6 Å². The van der Waals surface area contributed by atoms with Gasteiger partial charge in [-0.25, -0.2) is 9.97 Å². The smallest absolute Gasteiger partial charge is 0.355 e. The Balaban J connectivity index is 1.32. The maximum absolute atomic E-state index is 12.8. The third-order valence-corrected chi connectivity index (χ3v) is 5.46. The minimum Gasteiger partial charge on any atom is -0.355 e. The lowest BCUT2D eigenvalue weighted by Gasteiger charge is -2.32. The number of piperidine rings is 1. The van der Waals surface area contributed by atoms with Gasteiger partial charge < -0.3 is 15.2 Å². The van der Waals surface area contributed by atoms with Gasteiger partial charge in [-0.05, 0) is 31.0 Å². The van der Waals surface area contributed by atoms with Gasteiger partial charge in [-0.3, -0.25) is 4.79 Å². The molecule has 0 spiro atoms. The van der Waals surface area contributed by atoms with Gasteiger partial charge in [0.25, 0.3) is 0 Å². The zero-order valence-corrected chi connectivity index (χ0v) is 16.6. The van der Waals surface area contributed by atoms with Crippen molar-refractivity contribution in [2.45, 2.75) is 25.6 Å². The van der Waals surface area contributed by atoms with Crippen molar-refractivity contribution in [2.75, 3.05) is 18.0 Å². The molecule has 2 aromatic heterocycles. The van der Waals surface area contributed by atoms with Crippen LogP contribution in [-0.2, 0) is 17.5 Å². The summed E-state index contributed by atoms with van der Waals surface area (Å²) < 4.78 is 38.3. The number of halogens is 4. The second-order valence-electron chi connectivity index (χ2n) is 7.21. The second-order valence-corrected chi connectivity index (χ2v) is 7.61. The van der Waals surface area contributed by atoms with Crippen LogP contribution < -0.4 is 10.2 Å². The van der Waals surface area contributed by atoms with Crippen LogP contribution in [0.15, 0.2) is 36.5 Å². The molecule has 4 rings (SSSR count). The molecule has 1 amide bonds. The lowest BCUT2D eigenvalue weighted by Crippen LogP contribution is -2.41. The van der Waals surface area contributed by atoms with Gasteiger partial charge in [0.1, 0.15) is 11.6 Å². The number of aromatic amines is 1. The van der Waals surface area contributed by atoms with E-state index in [0.717, 1.165) is 23.3 Å². The van der Waals surface area contributed by atoms with Crippen LogP contribution in [0.5, 0.6) is 0 Å². The fourth-order valence-corrected chi connectivity index (χ4v) is 3.86. The Bertz CT molecular complexity index is 1030. The van der Waals surface area contributed by atoms with E-state index in [-0.39, 0.29) is 16.8 Å². The van der Waals surface area contributed by atoms with E-state index in [2.05, 4.69) is 20.3 Å². The second kappa shape index (κ2) is 8.14. The van der Waals surface area contributed by atoms with Crippen molar-refractivity contribution >= 4 is 34.4 Å². The zero-order chi connectivity index (χ0) is 21.3. The number of pyridine rings is 1. The highest BCUT2D eigenvalue weighted by molar-refractivity contribution is 6.33. The molecule has 2 N–H and O–H groups in total. The number of hydrogen-bond donors (Lipinski definition) is 2. The Labute approximate surface area is 175 Å². The first-order chi connectivity index (χ1) is 14.3. The lowest BCUT2D eigenvalue weighted by atomic mass is 9.96. The number of carbonyl (C=O) groups is 1. The van der Waals surface area contributed by atoms with Crippen molar-refractivity contribution in [3.05, 3.63) is 52.9 Å². The van der Waals surface area contributed by atoms with Crippen molar-refractivity contribution in [3.63, 3.8) is 0 Å². The number of hydrogen-bond acceptors (Lipinski definition) is 4. The Morgan fingerprint density at radius 1 is 1.27 bits per heavy atom. The first-order valence-corrected chi connectivity index (χ1v) is 9.88. The van der Waals surface area contributed by atoms with Crippen molar-refractivity contribution < 1.29 is 18.0 Å². The third-order valence-electron chi connectivity index (χ3n) is 5.18. The van der Waals surface area contributed by atoms with Crippen LogP contribution in [0.2, 0.25) is 5.02 Å². The quantitative estimate of drug-likeness (QED) is 0.642. The number of para-hydroxylation sites is 2. The molecule has 1 aliphatic heterocycles. The number of imidazole rings is 1. The maximum Gasteiger partial charge on any atom is 0.417 e. The lowest BCUT2D eigenvalue weighted by molar-refractivity contribution is -0.137. The van der Waals surface area contributed by atoms with Crippen molar-refractivity contribution in [3.8, 4) is 0 Å². The van der Waals surface area contributed by atoms with Crippen LogP contribution >= 0.6 is 11.6 Å². The van der Waals surface area contributed by atoms with Crippen LogP contribution in [0.3, 0.4) is 0 Å². The Kier molecular flexibility index (Phi) is 5.55. The molecule has 3 aromatic rings. The average molecular weight is 438 g/mol. The molecule has 0 atom stereocenters. The molecule has 1 aliphatic rings. The zero-order valence-electron chi connectivity index (χ0n) is 15.8. The first-order valence-electron chi connectivity index (χ1n) is 9.50. The molecule has 158 valence electrons. The molecule has 0 aliphatic carbocycles. The number of aromatic nitrogens is 3. The van der Waals surface area contributed by atoms with E-state index < -0.39 is 11.7 Å². The highest BCUT2D eigenvalue weighted by atomic mass is 35.5. The van der Waals surface area contributed by atoms with E-state index in [9.17, 15) is 18.0 Å². The third kappa shape index (κ3) is 4.35.